The van der Waals surface area contributed by atoms with Crippen molar-refractivity contribution in [1.29, 1.82) is 0 Å². The molecule has 3 aromatic rings. The van der Waals surface area contributed by atoms with Gasteiger partial charge in [-0.2, -0.15) is 0 Å². The van der Waals surface area contributed by atoms with Gasteiger partial charge in [0, 0.05) is 41.5 Å². The van der Waals surface area contributed by atoms with Gasteiger partial charge in [0.2, 0.25) is 11.8 Å². The number of hydrogen-bond donors (Lipinski definition) is 2. The highest BCUT2D eigenvalue weighted by atomic mass is 19.1. The Balaban J connectivity index is 1.51. The number of amides is 3. The summed E-state index contributed by atoms with van der Waals surface area (Å²) in [5, 5.41) is 5.66. The lowest BCUT2D eigenvalue weighted by atomic mass is 9.92. The molecular weight excluding hydrogens is 523 g/mol. The zero-order valence-corrected chi connectivity index (χ0v) is 23.4. The van der Waals surface area contributed by atoms with Gasteiger partial charge in [-0.1, -0.05) is 31.0 Å². The molecule has 0 aliphatic carbocycles. The first-order valence-electron chi connectivity index (χ1n) is 13.8. The minimum atomic E-state index is -0.611. The number of nitrogens with one attached hydrogen (secondary N) is 2. The van der Waals surface area contributed by atoms with Crippen molar-refractivity contribution in [1.82, 2.24) is 9.88 Å². The van der Waals surface area contributed by atoms with E-state index in [1.165, 1.54) is 13.2 Å². The molecular formula is C32H33FN4O4. The standard InChI is InChI=1S/C32H33FN4O4/c1-19-7-10-26(33)25(15-19)22-12-14-37(30(38)17-22)29-6-4-5-20(2)31(39)36-27-18-23(35-32(40)41-3)8-9-24(27)21-11-13-34-28(29)16-21/h7-11,13,15-18,20,29H,4-6,12,14H2,1-3H3,(H,35,40)(H,36,39). The van der Waals surface area contributed by atoms with Gasteiger partial charge >= 0.3 is 6.09 Å². The molecule has 2 N–H and O–H groups in total. The average molecular weight is 557 g/mol. The molecule has 2 bridgehead atoms. The highest BCUT2D eigenvalue weighted by Gasteiger charge is 2.30. The highest BCUT2D eigenvalue weighted by Crippen LogP contribution is 2.37. The van der Waals surface area contributed by atoms with Crippen LogP contribution in [-0.2, 0) is 14.3 Å². The molecule has 0 radical (unpaired) electrons. The zero-order chi connectivity index (χ0) is 29.1. The summed E-state index contributed by atoms with van der Waals surface area (Å²) in [6.45, 7) is 4.21. The van der Waals surface area contributed by atoms with E-state index < -0.39 is 6.09 Å². The predicted octanol–water partition coefficient (Wildman–Crippen LogP) is 6.49. The fourth-order valence-electron chi connectivity index (χ4n) is 5.47. The largest absolute Gasteiger partial charge is 0.453 e. The van der Waals surface area contributed by atoms with Crippen LogP contribution in [0.5, 0.6) is 0 Å². The maximum Gasteiger partial charge on any atom is 0.411 e. The number of carbonyl (C=O) groups is 3. The Morgan fingerprint density at radius 2 is 1.93 bits per heavy atom. The molecule has 3 heterocycles. The van der Waals surface area contributed by atoms with Crippen LogP contribution in [0.2, 0.25) is 0 Å². The van der Waals surface area contributed by atoms with E-state index in [1.54, 1.807) is 36.5 Å². The molecule has 5 rings (SSSR count). The lowest BCUT2D eigenvalue weighted by Gasteiger charge is -2.34. The maximum atomic E-state index is 14.6. The maximum absolute atomic E-state index is 14.6. The number of methoxy groups -OCH3 is 1. The predicted molar refractivity (Wildman–Crippen MR) is 156 cm³/mol. The first-order valence-corrected chi connectivity index (χ1v) is 13.8. The molecule has 2 aliphatic rings. The number of carbonyl (C=O) groups excluding carboxylic acids is 3. The van der Waals surface area contributed by atoms with Crippen LogP contribution in [0.1, 0.15) is 55.5 Å². The highest BCUT2D eigenvalue weighted by molar-refractivity contribution is 5.99. The van der Waals surface area contributed by atoms with Crippen LogP contribution < -0.4 is 10.6 Å². The second kappa shape index (κ2) is 11.9. The van der Waals surface area contributed by atoms with E-state index in [-0.39, 0.29) is 29.6 Å². The number of aryl methyl sites for hydroxylation is 1. The van der Waals surface area contributed by atoms with E-state index in [0.717, 1.165) is 22.4 Å². The molecule has 2 aliphatic heterocycles. The van der Waals surface area contributed by atoms with Gasteiger partial charge in [0.1, 0.15) is 5.82 Å². The minimum absolute atomic E-state index is 0.130. The quantitative estimate of drug-likeness (QED) is 0.384. The molecule has 3 amide bonds. The summed E-state index contributed by atoms with van der Waals surface area (Å²) in [4.78, 5) is 44.9. The molecule has 0 fully saturated rings. The summed E-state index contributed by atoms with van der Waals surface area (Å²) < 4.78 is 19.3. The summed E-state index contributed by atoms with van der Waals surface area (Å²) in [5.74, 6) is -0.922. The van der Waals surface area contributed by atoms with Gasteiger partial charge in [-0.3, -0.25) is 19.9 Å². The van der Waals surface area contributed by atoms with E-state index in [9.17, 15) is 18.8 Å². The number of hydrogen-bond acceptors (Lipinski definition) is 5. The van der Waals surface area contributed by atoms with Crippen molar-refractivity contribution in [2.24, 2.45) is 5.92 Å². The number of fused-ring (bicyclic) bond motifs is 4. The zero-order valence-electron chi connectivity index (χ0n) is 23.4. The third kappa shape index (κ3) is 6.14. The number of anilines is 2. The summed E-state index contributed by atoms with van der Waals surface area (Å²) in [6.07, 6.45) is 5.12. The number of nitrogens with zero attached hydrogens (tertiary/aromatic N) is 2. The topological polar surface area (TPSA) is 101 Å². The Labute approximate surface area is 238 Å². The van der Waals surface area contributed by atoms with Crippen LogP contribution in [0.4, 0.5) is 20.6 Å². The Morgan fingerprint density at radius 1 is 1.10 bits per heavy atom. The van der Waals surface area contributed by atoms with E-state index in [2.05, 4.69) is 15.6 Å². The van der Waals surface area contributed by atoms with Crippen LogP contribution in [0.15, 0.2) is 60.8 Å². The molecule has 41 heavy (non-hydrogen) atoms. The number of pyridine rings is 1. The minimum Gasteiger partial charge on any atom is -0.453 e. The molecule has 212 valence electrons. The van der Waals surface area contributed by atoms with Gasteiger partial charge in [0.05, 0.1) is 24.5 Å². The van der Waals surface area contributed by atoms with E-state index >= 15 is 0 Å². The fourth-order valence-corrected chi connectivity index (χ4v) is 5.47. The smallest absolute Gasteiger partial charge is 0.411 e. The normalized spacial score (nSPS) is 19.2. The van der Waals surface area contributed by atoms with Gasteiger partial charge in [-0.25, -0.2) is 9.18 Å². The monoisotopic (exact) mass is 556 g/mol. The van der Waals surface area contributed by atoms with E-state index in [0.29, 0.717) is 54.7 Å². The molecule has 2 aromatic carbocycles. The molecule has 0 saturated heterocycles. The van der Waals surface area contributed by atoms with Crippen molar-refractivity contribution >= 4 is 34.9 Å². The Morgan fingerprint density at radius 3 is 2.71 bits per heavy atom. The Kier molecular flexibility index (Phi) is 8.14. The lowest BCUT2D eigenvalue weighted by molar-refractivity contribution is -0.129. The summed E-state index contributed by atoms with van der Waals surface area (Å²) in [5.41, 5.74) is 5.44. The SMILES string of the molecule is COC(=O)Nc1ccc2c(c1)NC(=O)C(C)CCCC(N1CCC(c3cc(C)ccc3F)=CC1=O)c1cc-2ccn1. The second-order valence-electron chi connectivity index (χ2n) is 10.6. The number of benzene rings is 2. The molecule has 8 nitrogen and oxygen atoms in total. The first-order chi connectivity index (χ1) is 19.7. The molecule has 0 saturated carbocycles. The van der Waals surface area contributed by atoms with E-state index in [4.69, 9.17) is 4.74 Å². The van der Waals surface area contributed by atoms with Crippen molar-refractivity contribution in [2.45, 2.75) is 45.6 Å². The summed E-state index contributed by atoms with van der Waals surface area (Å²) in [7, 11) is 1.28. The van der Waals surface area contributed by atoms with Crippen molar-refractivity contribution in [2.75, 3.05) is 24.3 Å². The van der Waals surface area contributed by atoms with Gasteiger partial charge in [-0.05, 0) is 73.7 Å². The number of ether oxygens (including phenoxy) is 1. The molecule has 0 spiro atoms. The summed E-state index contributed by atoms with van der Waals surface area (Å²) in [6, 6.07) is 13.7. The van der Waals surface area contributed by atoms with Crippen LogP contribution in [0.25, 0.3) is 16.7 Å². The van der Waals surface area contributed by atoms with Crippen molar-refractivity contribution in [3.05, 3.63) is 83.4 Å². The molecule has 1 aromatic heterocycles. The van der Waals surface area contributed by atoms with Gasteiger partial charge in [0.25, 0.3) is 0 Å². The van der Waals surface area contributed by atoms with E-state index in [1.807, 2.05) is 36.9 Å². The molecule has 2 unspecified atom stereocenters. The third-order valence-corrected chi connectivity index (χ3v) is 7.75. The number of aromatic nitrogens is 1. The van der Waals surface area contributed by atoms with Crippen LogP contribution in [0, 0.1) is 18.7 Å². The van der Waals surface area contributed by atoms with Crippen molar-refractivity contribution in [3.8, 4) is 11.1 Å². The Bertz CT molecular complexity index is 1540. The van der Waals surface area contributed by atoms with Crippen LogP contribution in [0.3, 0.4) is 0 Å². The number of halogens is 1. The molecule has 2 atom stereocenters. The third-order valence-electron chi connectivity index (χ3n) is 7.75. The average Bonchev–Trinajstić information content (AvgIpc) is 2.96. The summed E-state index contributed by atoms with van der Waals surface area (Å²) >= 11 is 0. The van der Waals surface area contributed by atoms with Gasteiger partial charge in [0.15, 0.2) is 0 Å². The fraction of sp³-hybridized carbons (Fsp3) is 0.312. The lowest BCUT2D eigenvalue weighted by Crippen LogP contribution is -2.38. The first kappa shape index (κ1) is 28.0. The number of rotatable bonds is 3. The second-order valence-corrected chi connectivity index (χ2v) is 10.6. The van der Waals surface area contributed by atoms with Gasteiger partial charge in [-0.15, -0.1) is 0 Å². The molecule has 9 heteroatoms. The Hall–Kier alpha value is -4.53. The van der Waals surface area contributed by atoms with Gasteiger partial charge < -0.3 is 15.0 Å². The van der Waals surface area contributed by atoms with Crippen LogP contribution in [-0.4, -0.2) is 41.4 Å². The van der Waals surface area contributed by atoms with Crippen molar-refractivity contribution < 1.29 is 23.5 Å². The van der Waals surface area contributed by atoms with Crippen molar-refractivity contribution in [3.63, 3.8) is 0 Å². The van der Waals surface area contributed by atoms with Crippen LogP contribution >= 0.6 is 0 Å².